The molecule has 98 valence electrons. The third-order valence-corrected chi connectivity index (χ3v) is 3.41. The van der Waals surface area contributed by atoms with Gasteiger partial charge in [0, 0.05) is 12.7 Å². The molecule has 0 aliphatic rings. The molecule has 0 aromatic carbocycles. The lowest BCUT2D eigenvalue weighted by Gasteiger charge is -2.10. The summed E-state index contributed by atoms with van der Waals surface area (Å²) in [6.07, 6.45) is 7.19. The van der Waals surface area contributed by atoms with Crippen molar-refractivity contribution in [1.82, 2.24) is 19.7 Å². The molecule has 0 spiro atoms. The third kappa shape index (κ3) is 2.54. The van der Waals surface area contributed by atoms with E-state index in [4.69, 9.17) is 4.42 Å². The fourth-order valence-electron chi connectivity index (χ4n) is 1.94. The van der Waals surface area contributed by atoms with E-state index >= 15 is 0 Å². The van der Waals surface area contributed by atoms with Gasteiger partial charge in [0.25, 0.3) is 0 Å². The molecule has 0 saturated carbocycles. The van der Waals surface area contributed by atoms with E-state index in [1.54, 1.807) is 12.5 Å². The number of fused-ring (bicyclic) bond motifs is 1. The van der Waals surface area contributed by atoms with Gasteiger partial charge in [0.1, 0.15) is 10.4 Å². The van der Waals surface area contributed by atoms with Crippen LogP contribution in [-0.4, -0.2) is 14.4 Å². The van der Waals surface area contributed by atoms with Crippen LogP contribution in [0.25, 0.3) is 5.65 Å². The Balaban J connectivity index is 1.77. The largest absolute Gasteiger partial charge is 0.468 e. The molecule has 0 saturated heterocycles. The summed E-state index contributed by atoms with van der Waals surface area (Å²) in [6, 6.07) is 4.02. The minimum Gasteiger partial charge on any atom is -0.468 e. The zero-order valence-electron chi connectivity index (χ0n) is 10.4. The summed E-state index contributed by atoms with van der Waals surface area (Å²) in [5, 5.41) is 3.41. The lowest BCUT2D eigenvalue weighted by atomic mass is 10.2. The van der Waals surface area contributed by atoms with Gasteiger partial charge in [-0.05, 0) is 35.0 Å². The van der Waals surface area contributed by atoms with E-state index < -0.39 is 0 Å². The number of furan rings is 1. The zero-order valence-corrected chi connectivity index (χ0v) is 12.0. The van der Waals surface area contributed by atoms with Gasteiger partial charge in [-0.1, -0.05) is 0 Å². The summed E-state index contributed by atoms with van der Waals surface area (Å²) in [5.74, 6) is 0.927. The number of hydrogen-bond donors (Lipinski definition) is 1. The quantitative estimate of drug-likeness (QED) is 0.803. The highest BCUT2D eigenvalue weighted by atomic mass is 79.9. The van der Waals surface area contributed by atoms with Gasteiger partial charge in [-0.25, -0.2) is 9.97 Å². The van der Waals surface area contributed by atoms with Crippen LogP contribution in [0.4, 0.5) is 0 Å². The van der Waals surface area contributed by atoms with Gasteiger partial charge in [-0.2, -0.15) is 0 Å². The van der Waals surface area contributed by atoms with Gasteiger partial charge in [-0.15, -0.1) is 0 Å². The molecule has 0 aliphatic carbocycles. The number of nitrogens with one attached hydrogen (secondary N) is 1. The molecule has 3 rings (SSSR count). The average molecular weight is 321 g/mol. The van der Waals surface area contributed by atoms with Gasteiger partial charge in [-0.3, -0.25) is 4.40 Å². The van der Waals surface area contributed by atoms with Crippen LogP contribution in [0.5, 0.6) is 0 Å². The molecular weight excluding hydrogens is 308 g/mol. The van der Waals surface area contributed by atoms with Crippen molar-refractivity contribution < 1.29 is 4.42 Å². The van der Waals surface area contributed by atoms with Gasteiger partial charge < -0.3 is 9.73 Å². The minimum atomic E-state index is 0.158. The molecule has 0 radical (unpaired) electrons. The van der Waals surface area contributed by atoms with Crippen molar-refractivity contribution in [2.75, 3.05) is 0 Å². The second-order valence-electron chi connectivity index (χ2n) is 4.31. The van der Waals surface area contributed by atoms with E-state index in [1.807, 2.05) is 28.9 Å². The Morgan fingerprint density at radius 2 is 2.32 bits per heavy atom. The zero-order chi connectivity index (χ0) is 13.2. The summed E-state index contributed by atoms with van der Waals surface area (Å²) in [6.45, 7) is 2.78. The fourth-order valence-corrected chi connectivity index (χ4v) is 2.25. The molecule has 1 N–H and O–H groups in total. The normalized spacial score (nSPS) is 12.9. The third-order valence-electron chi connectivity index (χ3n) is 3.00. The first-order chi connectivity index (χ1) is 9.24. The van der Waals surface area contributed by atoms with Crippen LogP contribution in [0.15, 0.2) is 46.0 Å². The first-order valence-corrected chi connectivity index (χ1v) is 6.77. The van der Waals surface area contributed by atoms with E-state index in [1.165, 1.54) is 0 Å². The standard InChI is InChI=1S/C13H13BrN4O/c1-9(11-3-2-4-19-11)15-5-10-6-17-13-7-16-12(14)8-18(10)13/h2-4,6-9,15H,5H2,1H3/t9-/m1/s1. The molecule has 1 atom stereocenters. The molecule has 0 bridgehead atoms. The first kappa shape index (κ1) is 12.4. The smallest absolute Gasteiger partial charge is 0.155 e. The molecule has 0 fully saturated rings. The summed E-state index contributed by atoms with van der Waals surface area (Å²) in [4.78, 5) is 8.47. The van der Waals surface area contributed by atoms with Gasteiger partial charge in [0.2, 0.25) is 0 Å². The van der Waals surface area contributed by atoms with Crippen molar-refractivity contribution in [2.24, 2.45) is 0 Å². The number of rotatable bonds is 4. The number of imidazole rings is 1. The van der Waals surface area contributed by atoms with Crippen molar-refractivity contribution in [3.05, 3.63) is 53.0 Å². The lowest BCUT2D eigenvalue weighted by molar-refractivity contribution is 0.428. The molecule has 0 unspecified atom stereocenters. The highest BCUT2D eigenvalue weighted by Gasteiger charge is 2.09. The second kappa shape index (κ2) is 5.14. The monoisotopic (exact) mass is 320 g/mol. The SMILES string of the molecule is C[C@@H](NCc1cnc2cnc(Br)cn12)c1ccco1. The minimum absolute atomic E-state index is 0.158. The van der Waals surface area contributed by atoms with Crippen molar-refractivity contribution in [3.63, 3.8) is 0 Å². The van der Waals surface area contributed by atoms with E-state index in [0.29, 0.717) is 6.54 Å². The fraction of sp³-hybridized carbons (Fsp3) is 0.231. The Morgan fingerprint density at radius 3 is 3.11 bits per heavy atom. The Hall–Kier alpha value is -1.66. The molecule has 5 nitrogen and oxygen atoms in total. The van der Waals surface area contributed by atoms with E-state index in [2.05, 4.69) is 38.1 Å². The molecule has 0 amide bonds. The van der Waals surface area contributed by atoms with Crippen LogP contribution in [0.2, 0.25) is 0 Å². The molecule has 0 aliphatic heterocycles. The predicted molar refractivity (Wildman–Crippen MR) is 74.6 cm³/mol. The van der Waals surface area contributed by atoms with Gasteiger partial charge >= 0.3 is 0 Å². The number of halogens is 1. The van der Waals surface area contributed by atoms with Crippen molar-refractivity contribution in [3.8, 4) is 0 Å². The number of nitrogens with zero attached hydrogens (tertiary/aromatic N) is 3. The second-order valence-corrected chi connectivity index (χ2v) is 5.12. The van der Waals surface area contributed by atoms with Crippen molar-refractivity contribution in [1.29, 1.82) is 0 Å². The topological polar surface area (TPSA) is 55.4 Å². The highest BCUT2D eigenvalue weighted by Crippen LogP contribution is 2.14. The van der Waals surface area contributed by atoms with Crippen LogP contribution in [0.3, 0.4) is 0 Å². The Labute approximate surface area is 118 Å². The maximum atomic E-state index is 5.37. The Morgan fingerprint density at radius 1 is 1.42 bits per heavy atom. The molecule has 6 heteroatoms. The average Bonchev–Trinajstić information content (AvgIpc) is 3.05. The van der Waals surface area contributed by atoms with Crippen molar-refractivity contribution in [2.45, 2.75) is 19.5 Å². The Kier molecular flexibility index (Phi) is 3.35. The molecular formula is C13H13BrN4O. The van der Waals surface area contributed by atoms with E-state index in [9.17, 15) is 0 Å². The molecule has 3 heterocycles. The van der Waals surface area contributed by atoms with Crippen LogP contribution in [0, 0.1) is 0 Å². The maximum Gasteiger partial charge on any atom is 0.155 e. The summed E-state index contributed by atoms with van der Waals surface area (Å²) >= 11 is 3.37. The van der Waals surface area contributed by atoms with E-state index in [-0.39, 0.29) is 6.04 Å². The first-order valence-electron chi connectivity index (χ1n) is 5.98. The Bertz CT molecular complexity index is 677. The molecule has 3 aromatic rings. The van der Waals surface area contributed by atoms with Crippen molar-refractivity contribution >= 4 is 21.6 Å². The highest BCUT2D eigenvalue weighted by molar-refractivity contribution is 9.10. The van der Waals surface area contributed by atoms with E-state index in [0.717, 1.165) is 21.7 Å². The summed E-state index contributed by atoms with van der Waals surface area (Å²) < 4.78 is 8.17. The summed E-state index contributed by atoms with van der Waals surface area (Å²) in [7, 11) is 0. The van der Waals surface area contributed by atoms with Crippen LogP contribution in [0.1, 0.15) is 24.4 Å². The van der Waals surface area contributed by atoms with Crippen LogP contribution in [-0.2, 0) is 6.54 Å². The van der Waals surface area contributed by atoms with Crippen LogP contribution < -0.4 is 5.32 Å². The molecule has 19 heavy (non-hydrogen) atoms. The predicted octanol–water partition coefficient (Wildman–Crippen LogP) is 2.94. The number of aromatic nitrogens is 3. The number of hydrogen-bond acceptors (Lipinski definition) is 4. The van der Waals surface area contributed by atoms with Gasteiger partial charge in [0.05, 0.1) is 30.4 Å². The molecule has 3 aromatic heterocycles. The lowest BCUT2D eigenvalue weighted by Crippen LogP contribution is -2.18. The van der Waals surface area contributed by atoms with Gasteiger partial charge in [0.15, 0.2) is 5.65 Å². The maximum absolute atomic E-state index is 5.37. The van der Waals surface area contributed by atoms with Crippen LogP contribution >= 0.6 is 15.9 Å². The summed E-state index contributed by atoms with van der Waals surface area (Å²) in [5.41, 5.74) is 1.92.